The predicted molar refractivity (Wildman–Crippen MR) is 71.5 cm³/mol. The zero-order valence-corrected chi connectivity index (χ0v) is 10.2. The summed E-state index contributed by atoms with van der Waals surface area (Å²) in [5.74, 6) is 0.522. The first-order chi connectivity index (χ1) is 8.77. The lowest BCUT2D eigenvalue weighted by Crippen LogP contribution is -2.39. The fourth-order valence-electron chi connectivity index (χ4n) is 1.89. The van der Waals surface area contributed by atoms with Gasteiger partial charge in [0.05, 0.1) is 5.52 Å². The highest BCUT2D eigenvalue weighted by Gasteiger charge is 2.17. The minimum absolute atomic E-state index is 0.522. The van der Waals surface area contributed by atoms with Crippen molar-refractivity contribution in [3.8, 4) is 0 Å². The van der Waals surface area contributed by atoms with E-state index in [1.165, 1.54) is 16.5 Å². The average molecular weight is 258 g/mol. The van der Waals surface area contributed by atoms with Gasteiger partial charge in [-0.05, 0) is 29.7 Å². The molecule has 2 N–H and O–H groups in total. The number of urea groups is 1. The van der Waals surface area contributed by atoms with Crippen molar-refractivity contribution < 1.29 is 4.79 Å². The van der Waals surface area contributed by atoms with Crippen LogP contribution in [0.2, 0.25) is 0 Å². The molecule has 0 atom stereocenters. The van der Waals surface area contributed by atoms with Gasteiger partial charge in [-0.3, -0.25) is 4.68 Å². The maximum Gasteiger partial charge on any atom is 0.340 e. The highest BCUT2D eigenvalue weighted by molar-refractivity contribution is 7.03. The Morgan fingerprint density at radius 2 is 2.11 bits per heavy atom. The summed E-state index contributed by atoms with van der Waals surface area (Å²) in [7, 11) is 0. The molecule has 0 fully saturated rings. The van der Waals surface area contributed by atoms with Crippen LogP contribution >= 0.6 is 11.5 Å². The quantitative estimate of drug-likeness (QED) is 0.767. The van der Waals surface area contributed by atoms with Crippen LogP contribution in [0.5, 0.6) is 0 Å². The van der Waals surface area contributed by atoms with Crippen molar-refractivity contribution >= 4 is 34.3 Å². The number of anilines is 1. The van der Waals surface area contributed by atoms with Gasteiger partial charge in [0.1, 0.15) is 0 Å². The van der Waals surface area contributed by atoms with Gasteiger partial charge in [0, 0.05) is 17.0 Å². The average Bonchev–Trinajstić information content (AvgIpc) is 3.00. The van der Waals surface area contributed by atoms with Crippen LogP contribution in [-0.2, 0) is 0 Å². The fraction of sp³-hybridized carbons (Fsp3) is 0. The number of aromatic nitrogens is 2. The molecule has 0 unspecified atom stereocenters. The first-order valence-electron chi connectivity index (χ1n) is 5.34. The molecule has 3 aromatic rings. The van der Waals surface area contributed by atoms with Crippen LogP contribution in [-0.4, -0.2) is 15.1 Å². The second-order valence-corrected chi connectivity index (χ2v) is 4.39. The summed E-state index contributed by atoms with van der Waals surface area (Å²) in [5.41, 5.74) is 6.35. The number of hydrogen-bond donors (Lipinski definition) is 1. The summed E-state index contributed by atoms with van der Waals surface area (Å²) in [5, 5.41) is 4.19. The lowest BCUT2D eigenvalue weighted by molar-refractivity contribution is 0.252. The Morgan fingerprint density at radius 1 is 1.28 bits per heavy atom. The topological polar surface area (TPSA) is 64.2 Å². The molecule has 2 heterocycles. The van der Waals surface area contributed by atoms with Crippen LogP contribution in [0, 0.1) is 0 Å². The van der Waals surface area contributed by atoms with Crippen LogP contribution < -0.4 is 10.7 Å². The largest absolute Gasteiger partial charge is 0.350 e. The van der Waals surface area contributed by atoms with Crippen molar-refractivity contribution in [2.45, 2.75) is 0 Å². The molecule has 0 aliphatic heterocycles. The molecular formula is C12H10N4OS. The van der Waals surface area contributed by atoms with Gasteiger partial charge in [0.15, 0.2) is 5.82 Å². The Balaban J connectivity index is 2.19. The van der Waals surface area contributed by atoms with E-state index in [4.69, 9.17) is 5.73 Å². The molecule has 0 aliphatic carbocycles. The normalized spacial score (nSPS) is 10.7. The predicted octanol–water partition coefficient (Wildman–Crippen LogP) is 2.45. The van der Waals surface area contributed by atoms with Gasteiger partial charge in [-0.15, -0.1) is 0 Å². The van der Waals surface area contributed by atoms with E-state index in [0.29, 0.717) is 5.82 Å². The molecule has 0 bridgehead atoms. The minimum Gasteiger partial charge on any atom is -0.350 e. The molecule has 3 rings (SSSR count). The van der Waals surface area contributed by atoms with Gasteiger partial charge < -0.3 is 5.73 Å². The van der Waals surface area contributed by atoms with Crippen molar-refractivity contribution in [3.63, 3.8) is 0 Å². The Morgan fingerprint density at radius 3 is 2.83 bits per heavy atom. The molecule has 6 heteroatoms. The van der Waals surface area contributed by atoms with Gasteiger partial charge in [-0.25, -0.2) is 4.79 Å². The van der Waals surface area contributed by atoms with Crippen molar-refractivity contribution in [1.82, 2.24) is 9.05 Å². The SMILES string of the molecule is NC(=O)N(c1ccsn1)n1ccc2ccccc21. The number of nitrogens with zero attached hydrogens (tertiary/aromatic N) is 3. The molecule has 2 aromatic heterocycles. The van der Waals surface area contributed by atoms with Gasteiger partial charge in [-0.1, -0.05) is 18.2 Å². The molecule has 1 aromatic carbocycles. The molecule has 5 nitrogen and oxygen atoms in total. The number of hydrogen-bond acceptors (Lipinski definition) is 3. The minimum atomic E-state index is -0.567. The van der Waals surface area contributed by atoms with E-state index in [1.54, 1.807) is 22.3 Å². The standard InChI is InChI=1S/C12H10N4OS/c13-12(17)16(11-6-8-18-14-11)15-7-5-9-3-1-2-4-10(9)15/h1-8H,(H2,13,17). The van der Waals surface area contributed by atoms with E-state index < -0.39 is 6.03 Å². The molecule has 0 saturated heterocycles. The van der Waals surface area contributed by atoms with E-state index >= 15 is 0 Å². The van der Waals surface area contributed by atoms with Crippen LogP contribution in [0.25, 0.3) is 10.9 Å². The van der Waals surface area contributed by atoms with E-state index in [-0.39, 0.29) is 0 Å². The number of amides is 2. The Hall–Kier alpha value is -2.34. The lowest BCUT2D eigenvalue weighted by Gasteiger charge is -2.19. The third-order valence-electron chi connectivity index (χ3n) is 2.64. The summed E-state index contributed by atoms with van der Waals surface area (Å²) in [6.45, 7) is 0. The molecule has 0 radical (unpaired) electrons. The molecule has 0 saturated carbocycles. The first-order valence-corrected chi connectivity index (χ1v) is 6.17. The first kappa shape index (κ1) is 10.8. The van der Waals surface area contributed by atoms with Crippen LogP contribution in [0.15, 0.2) is 48.0 Å². The number of carbonyl (C=O) groups excluding carboxylic acids is 1. The lowest BCUT2D eigenvalue weighted by atomic mass is 10.3. The Labute approximate surface area is 107 Å². The highest BCUT2D eigenvalue weighted by atomic mass is 32.1. The summed E-state index contributed by atoms with van der Waals surface area (Å²) in [4.78, 5) is 11.6. The summed E-state index contributed by atoms with van der Waals surface area (Å²) in [6, 6.07) is 10.9. The zero-order valence-electron chi connectivity index (χ0n) is 9.35. The summed E-state index contributed by atoms with van der Waals surface area (Å²) in [6.07, 6.45) is 1.80. The monoisotopic (exact) mass is 258 g/mol. The smallest absolute Gasteiger partial charge is 0.340 e. The van der Waals surface area contributed by atoms with Gasteiger partial charge in [0.2, 0.25) is 0 Å². The maximum atomic E-state index is 11.6. The zero-order chi connectivity index (χ0) is 12.5. The highest BCUT2D eigenvalue weighted by Crippen LogP contribution is 2.20. The number of rotatable bonds is 2. The number of carbonyl (C=O) groups is 1. The third-order valence-corrected chi connectivity index (χ3v) is 3.19. The molecule has 0 spiro atoms. The second kappa shape index (κ2) is 4.15. The van der Waals surface area contributed by atoms with E-state index in [1.807, 2.05) is 30.3 Å². The van der Waals surface area contributed by atoms with Crippen LogP contribution in [0.3, 0.4) is 0 Å². The maximum absolute atomic E-state index is 11.6. The Bertz CT molecular complexity index is 689. The van der Waals surface area contributed by atoms with Gasteiger partial charge in [0.25, 0.3) is 0 Å². The van der Waals surface area contributed by atoms with E-state index in [2.05, 4.69) is 4.37 Å². The molecule has 0 aliphatic rings. The third kappa shape index (κ3) is 1.63. The molecule has 2 amide bonds. The van der Waals surface area contributed by atoms with E-state index in [0.717, 1.165) is 10.9 Å². The number of fused-ring (bicyclic) bond motifs is 1. The molecule has 90 valence electrons. The van der Waals surface area contributed by atoms with Crippen LogP contribution in [0.4, 0.5) is 10.6 Å². The van der Waals surface area contributed by atoms with Crippen molar-refractivity contribution in [2.24, 2.45) is 5.73 Å². The molecular weight excluding hydrogens is 248 g/mol. The van der Waals surface area contributed by atoms with E-state index in [9.17, 15) is 4.79 Å². The Kier molecular flexibility index (Phi) is 2.49. The van der Waals surface area contributed by atoms with Crippen molar-refractivity contribution in [2.75, 3.05) is 5.01 Å². The van der Waals surface area contributed by atoms with Crippen molar-refractivity contribution in [3.05, 3.63) is 48.0 Å². The number of benzene rings is 1. The second-order valence-electron chi connectivity index (χ2n) is 3.73. The summed E-state index contributed by atoms with van der Waals surface area (Å²) >= 11 is 1.28. The fourth-order valence-corrected chi connectivity index (χ4v) is 2.38. The van der Waals surface area contributed by atoms with Gasteiger partial charge >= 0.3 is 6.03 Å². The van der Waals surface area contributed by atoms with Crippen molar-refractivity contribution in [1.29, 1.82) is 0 Å². The molecule has 18 heavy (non-hydrogen) atoms. The number of primary amides is 1. The number of nitrogens with two attached hydrogens (primary N) is 1. The summed E-state index contributed by atoms with van der Waals surface area (Å²) < 4.78 is 5.85. The van der Waals surface area contributed by atoms with Crippen LogP contribution in [0.1, 0.15) is 0 Å². The number of para-hydroxylation sites is 1. The van der Waals surface area contributed by atoms with Gasteiger partial charge in [-0.2, -0.15) is 9.38 Å².